The average Bonchev–Trinajstić information content (AvgIpc) is 2.27. The van der Waals surface area contributed by atoms with Crippen LogP contribution in [0, 0.1) is 11.8 Å². The molecule has 0 bridgehead atoms. The van der Waals surface area contributed by atoms with Crippen LogP contribution in [0.3, 0.4) is 0 Å². The molecule has 1 aromatic carbocycles. The van der Waals surface area contributed by atoms with Gasteiger partial charge in [0, 0.05) is 17.9 Å². The lowest BCUT2D eigenvalue weighted by atomic mass is 10.2. The molecule has 0 unspecified atom stereocenters. The summed E-state index contributed by atoms with van der Waals surface area (Å²) in [4.78, 5) is 0. The molecule has 17 heavy (non-hydrogen) atoms. The zero-order valence-corrected chi connectivity index (χ0v) is 9.61. The van der Waals surface area contributed by atoms with E-state index in [1.165, 1.54) is 12.1 Å². The van der Waals surface area contributed by atoms with Crippen molar-refractivity contribution in [2.75, 3.05) is 12.5 Å². The molecule has 1 rings (SSSR count). The summed E-state index contributed by atoms with van der Waals surface area (Å²) in [7, 11) is 0. The van der Waals surface area contributed by atoms with Crippen LogP contribution < -0.4 is 4.74 Å². The van der Waals surface area contributed by atoms with Crippen molar-refractivity contribution >= 4 is 11.6 Å². The summed E-state index contributed by atoms with van der Waals surface area (Å²) >= 11 is 5.45. The molecule has 0 atom stereocenters. The van der Waals surface area contributed by atoms with Crippen LogP contribution in [0.1, 0.15) is 12.0 Å². The minimum absolute atomic E-state index is 0.153. The van der Waals surface area contributed by atoms with Gasteiger partial charge in [-0.05, 0) is 18.2 Å². The molecule has 0 aliphatic carbocycles. The van der Waals surface area contributed by atoms with Crippen LogP contribution in [-0.4, -0.2) is 18.7 Å². The smallest absolute Gasteiger partial charge is 0.422 e. The second-order valence-electron chi connectivity index (χ2n) is 3.17. The van der Waals surface area contributed by atoms with Crippen molar-refractivity contribution in [3.8, 4) is 17.6 Å². The molecule has 0 saturated heterocycles. The van der Waals surface area contributed by atoms with Gasteiger partial charge in [0.25, 0.3) is 0 Å². The summed E-state index contributed by atoms with van der Waals surface area (Å²) in [5, 5.41) is 0. The van der Waals surface area contributed by atoms with Gasteiger partial charge < -0.3 is 4.74 Å². The zero-order valence-electron chi connectivity index (χ0n) is 8.85. The van der Waals surface area contributed by atoms with E-state index >= 15 is 0 Å². The number of hydrogen-bond donors (Lipinski definition) is 0. The van der Waals surface area contributed by atoms with Gasteiger partial charge in [-0.1, -0.05) is 17.9 Å². The summed E-state index contributed by atoms with van der Waals surface area (Å²) in [5.41, 5.74) is 0.606. The van der Waals surface area contributed by atoms with Crippen LogP contribution in [-0.2, 0) is 0 Å². The van der Waals surface area contributed by atoms with Crippen molar-refractivity contribution in [2.24, 2.45) is 0 Å². The Labute approximate surface area is 103 Å². The van der Waals surface area contributed by atoms with Gasteiger partial charge in [-0.3, -0.25) is 0 Å². The van der Waals surface area contributed by atoms with E-state index in [-0.39, 0.29) is 5.75 Å². The average molecular weight is 263 g/mol. The topological polar surface area (TPSA) is 9.23 Å². The second kappa shape index (κ2) is 6.41. The minimum Gasteiger partial charge on any atom is -0.484 e. The lowest BCUT2D eigenvalue weighted by molar-refractivity contribution is -0.153. The molecule has 5 heteroatoms. The molecule has 0 spiro atoms. The molecule has 0 N–H and O–H groups in total. The molecule has 0 fully saturated rings. The highest BCUT2D eigenvalue weighted by molar-refractivity contribution is 6.18. The quantitative estimate of drug-likeness (QED) is 0.597. The lowest BCUT2D eigenvalue weighted by Gasteiger charge is -2.08. The molecule has 0 saturated carbocycles. The molecule has 0 aliphatic heterocycles. The highest BCUT2D eigenvalue weighted by atomic mass is 35.5. The molecule has 1 nitrogen and oxygen atoms in total. The maximum absolute atomic E-state index is 11.9. The number of rotatable bonds is 3. The van der Waals surface area contributed by atoms with E-state index < -0.39 is 12.8 Å². The molecular weight excluding hydrogens is 253 g/mol. The summed E-state index contributed by atoms with van der Waals surface area (Å²) in [6, 6.07) is 6.21. The van der Waals surface area contributed by atoms with E-state index in [9.17, 15) is 13.2 Å². The van der Waals surface area contributed by atoms with Gasteiger partial charge in [0.15, 0.2) is 6.61 Å². The van der Waals surface area contributed by atoms with Gasteiger partial charge in [-0.15, -0.1) is 11.6 Å². The SMILES string of the molecule is FC(F)(F)COc1cccc(C#CCCCl)c1. The van der Waals surface area contributed by atoms with Crippen molar-refractivity contribution in [1.29, 1.82) is 0 Å². The summed E-state index contributed by atoms with van der Waals surface area (Å²) in [6.45, 7) is -1.30. The normalized spacial score (nSPS) is 10.6. The fourth-order valence-electron chi connectivity index (χ4n) is 1.04. The third-order valence-corrected chi connectivity index (χ3v) is 1.88. The van der Waals surface area contributed by atoms with Crippen LogP contribution in [0.5, 0.6) is 5.75 Å². The Balaban J connectivity index is 2.64. The van der Waals surface area contributed by atoms with Crippen LogP contribution in [0.4, 0.5) is 13.2 Å². The molecule has 0 amide bonds. The van der Waals surface area contributed by atoms with Crippen LogP contribution in [0.15, 0.2) is 24.3 Å². The fourth-order valence-corrected chi connectivity index (χ4v) is 1.14. The van der Waals surface area contributed by atoms with E-state index in [1.807, 2.05) is 0 Å². The van der Waals surface area contributed by atoms with Gasteiger partial charge in [-0.2, -0.15) is 13.2 Å². The number of hydrogen-bond acceptors (Lipinski definition) is 1. The maximum atomic E-state index is 11.9. The summed E-state index contributed by atoms with van der Waals surface area (Å²) in [6.07, 6.45) is -3.80. The third kappa shape index (κ3) is 6.08. The molecule has 92 valence electrons. The van der Waals surface area contributed by atoms with Crippen molar-refractivity contribution in [1.82, 2.24) is 0 Å². The van der Waals surface area contributed by atoms with Crippen molar-refractivity contribution < 1.29 is 17.9 Å². The van der Waals surface area contributed by atoms with Crippen LogP contribution >= 0.6 is 11.6 Å². The summed E-state index contributed by atoms with van der Waals surface area (Å²) < 4.78 is 40.4. The molecular formula is C12H10ClF3O. The Morgan fingerprint density at radius 1 is 1.29 bits per heavy atom. The van der Waals surface area contributed by atoms with E-state index in [0.29, 0.717) is 17.9 Å². The first-order valence-corrected chi connectivity index (χ1v) is 5.39. The van der Waals surface area contributed by atoms with Gasteiger partial charge in [0.05, 0.1) is 0 Å². The van der Waals surface area contributed by atoms with Crippen LogP contribution in [0.2, 0.25) is 0 Å². The number of halogens is 4. The first-order valence-electron chi connectivity index (χ1n) is 4.86. The van der Waals surface area contributed by atoms with Crippen molar-refractivity contribution in [3.05, 3.63) is 29.8 Å². The largest absolute Gasteiger partial charge is 0.484 e. The van der Waals surface area contributed by atoms with Gasteiger partial charge in [-0.25, -0.2) is 0 Å². The van der Waals surface area contributed by atoms with Gasteiger partial charge in [0.2, 0.25) is 0 Å². The predicted octanol–water partition coefficient (Wildman–Crippen LogP) is 3.61. The standard InChI is InChI=1S/C12H10ClF3O/c13-7-2-1-4-10-5-3-6-11(8-10)17-9-12(14,15)16/h3,5-6,8H,2,7,9H2. The van der Waals surface area contributed by atoms with E-state index in [1.54, 1.807) is 12.1 Å². The van der Waals surface area contributed by atoms with Crippen molar-refractivity contribution in [3.63, 3.8) is 0 Å². The maximum Gasteiger partial charge on any atom is 0.422 e. The van der Waals surface area contributed by atoms with Crippen LogP contribution in [0.25, 0.3) is 0 Å². The van der Waals surface area contributed by atoms with Gasteiger partial charge >= 0.3 is 6.18 Å². The summed E-state index contributed by atoms with van der Waals surface area (Å²) in [5.74, 6) is 6.16. The second-order valence-corrected chi connectivity index (χ2v) is 3.55. The monoisotopic (exact) mass is 262 g/mol. The first-order chi connectivity index (χ1) is 8.01. The Bertz CT molecular complexity index is 418. The van der Waals surface area contributed by atoms with E-state index in [2.05, 4.69) is 16.6 Å². The van der Waals surface area contributed by atoms with Gasteiger partial charge in [0.1, 0.15) is 5.75 Å². The Kier molecular flexibility index (Phi) is 5.17. The molecule has 0 heterocycles. The molecule has 0 aliphatic rings. The number of ether oxygens (including phenoxy) is 1. The van der Waals surface area contributed by atoms with E-state index in [4.69, 9.17) is 11.6 Å². The number of alkyl halides is 4. The lowest BCUT2D eigenvalue weighted by Crippen LogP contribution is -2.19. The zero-order chi connectivity index (χ0) is 12.7. The molecule has 0 radical (unpaired) electrons. The fraction of sp³-hybridized carbons (Fsp3) is 0.333. The van der Waals surface area contributed by atoms with E-state index in [0.717, 1.165) is 0 Å². The third-order valence-electron chi connectivity index (χ3n) is 1.69. The number of benzene rings is 1. The Hall–Kier alpha value is -1.34. The molecule has 1 aromatic rings. The van der Waals surface area contributed by atoms with Crippen molar-refractivity contribution in [2.45, 2.75) is 12.6 Å². The first kappa shape index (κ1) is 13.7. The Morgan fingerprint density at radius 2 is 2.06 bits per heavy atom. The predicted molar refractivity (Wildman–Crippen MR) is 60.2 cm³/mol. The Morgan fingerprint density at radius 3 is 2.71 bits per heavy atom. The minimum atomic E-state index is -4.33. The highest BCUT2D eigenvalue weighted by Crippen LogP contribution is 2.19. The highest BCUT2D eigenvalue weighted by Gasteiger charge is 2.28. The molecule has 0 aromatic heterocycles.